The Hall–Kier alpha value is -1.51. The van der Waals surface area contributed by atoms with Crippen molar-refractivity contribution in [2.24, 2.45) is 0 Å². The second-order valence-corrected chi connectivity index (χ2v) is 7.36. The number of aryl methyl sites for hydroxylation is 1. The third-order valence-corrected chi connectivity index (χ3v) is 5.48. The monoisotopic (exact) mass is 323 g/mol. The molecule has 0 unspecified atom stereocenters. The largest absolute Gasteiger partial charge is 0.309 e. The minimum Gasteiger partial charge on any atom is -0.309 e. The Morgan fingerprint density at radius 3 is 2.70 bits per heavy atom. The van der Waals surface area contributed by atoms with Gasteiger partial charge in [-0.3, -0.25) is 0 Å². The first-order valence-corrected chi connectivity index (χ1v) is 9.37. The molecule has 120 valence electrons. The van der Waals surface area contributed by atoms with Crippen LogP contribution >= 0.6 is 11.8 Å². The van der Waals surface area contributed by atoms with Gasteiger partial charge >= 0.3 is 0 Å². The predicted molar refractivity (Wildman–Crippen MR) is 102 cm³/mol. The summed E-state index contributed by atoms with van der Waals surface area (Å²) in [6.45, 7) is 3.32. The SMILES string of the molecule is CCc1ccc2c(c1)/C(=C\CCN(C)C)c1ccccc1CS2. The van der Waals surface area contributed by atoms with E-state index in [1.807, 2.05) is 11.8 Å². The summed E-state index contributed by atoms with van der Waals surface area (Å²) in [6.07, 6.45) is 4.60. The van der Waals surface area contributed by atoms with Crippen LogP contribution in [-0.2, 0) is 12.2 Å². The van der Waals surface area contributed by atoms with Crippen LogP contribution in [0, 0.1) is 0 Å². The van der Waals surface area contributed by atoms with Gasteiger partial charge in [-0.2, -0.15) is 0 Å². The average Bonchev–Trinajstić information content (AvgIpc) is 2.71. The fourth-order valence-corrected chi connectivity index (χ4v) is 4.08. The van der Waals surface area contributed by atoms with E-state index in [1.165, 1.54) is 32.7 Å². The Balaban J connectivity index is 2.10. The maximum atomic E-state index is 2.43. The zero-order chi connectivity index (χ0) is 16.2. The summed E-state index contributed by atoms with van der Waals surface area (Å²) < 4.78 is 0. The quantitative estimate of drug-likeness (QED) is 0.757. The van der Waals surface area contributed by atoms with Gasteiger partial charge in [-0.05, 0) is 60.8 Å². The molecule has 0 bridgehead atoms. The molecule has 1 aliphatic rings. The molecule has 0 spiro atoms. The molecule has 2 aromatic rings. The van der Waals surface area contributed by atoms with Crippen LogP contribution < -0.4 is 0 Å². The van der Waals surface area contributed by atoms with Crippen LogP contribution in [0.4, 0.5) is 0 Å². The van der Waals surface area contributed by atoms with Crippen LogP contribution in [0.3, 0.4) is 0 Å². The highest BCUT2D eigenvalue weighted by atomic mass is 32.2. The third-order valence-electron chi connectivity index (χ3n) is 4.36. The molecule has 0 saturated carbocycles. The van der Waals surface area contributed by atoms with Gasteiger partial charge in [-0.25, -0.2) is 0 Å². The molecule has 0 amide bonds. The van der Waals surface area contributed by atoms with Crippen molar-refractivity contribution in [3.8, 4) is 0 Å². The van der Waals surface area contributed by atoms with E-state index in [4.69, 9.17) is 0 Å². The summed E-state index contributed by atoms with van der Waals surface area (Å²) in [4.78, 5) is 3.66. The summed E-state index contributed by atoms with van der Waals surface area (Å²) >= 11 is 1.96. The van der Waals surface area contributed by atoms with Crippen LogP contribution in [0.5, 0.6) is 0 Å². The Labute approximate surface area is 144 Å². The van der Waals surface area contributed by atoms with Crippen molar-refractivity contribution >= 4 is 17.3 Å². The average molecular weight is 324 g/mol. The van der Waals surface area contributed by atoms with Crippen molar-refractivity contribution in [2.75, 3.05) is 20.6 Å². The summed E-state index contributed by atoms with van der Waals surface area (Å²) in [5.74, 6) is 1.06. The first-order chi connectivity index (χ1) is 11.2. The summed E-state index contributed by atoms with van der Waals surface area (Å²) in [7, 11) is 4.27. The number of hydrogen-bond acceptors (Lipinski definition) is 2. The van der Waals surface area contributed by atoms with E-state index in [9.17, 15) is 0 Å². The molecule has 2 aromatic carbocycles. The number of nitrogens with zero attached hydrogens (tertiary/aromatic N) is 1. The number of thioether (sulfide) groups is 1. The standard InChI is InChI=1S/C21H25NS/c1-4-16-11-12-21-20(14-16)19(10-7-13-22(2)3)18-9-6-5-8-17(18)15-23-21/h5-6,8-12,14H,4,7,13,15H2,1-3H3/b19-10-. The van der Waals surface area contributed by atoms with Gasteiger partial charge in [-0.1, -0.05) is 49.4 Å². The Morgan fingerprint density at radius 1 is 1.09 bits per heavy atom. The molecular formula is C21H25NS. The van der Waals surface area contributed by atoms with E-state index < -0.39 is 0 Å². The Kier molecular flexibility index (Phi) is 5.24. The van der Waals surface area contributed by atoms with Crippen LogP contribution in [0.25, 0.3) is 5.57 Å². The zero-order valence-electron chi connectivity index (χ0n) is 14.3. The lowest BCUT2D eigenvalue weighted by Gasteiger charge is -2.14. The van der Waals surface area contributed by atoms with Crippen molar-refractivity contribution in [1.29, 1.82) is 0 Å². The Bertz CT molecular complexity index is 716. The van der Waals surface area contributed by atoms with Gasteiger partial charge in [0.2, 0.25) is 0 Å². The highest BCUT2D eigenvalue weighted by molar-refractivity contribution is 7.98. The van der Waals surface area contributed by atoms with Gasteiger partial charge in [-0.15, -0.1) is 11.8 Å². The molecule has 1 aliphatic heterocycles. The van der Waals surface area contributed by atoms with Gasteiger partial charge in [0.05, 0.1) is 0 Å². The van der Waals surface area contributed by atoms with E-state index in [1.54, 1.807) is 0 Å². The van der Waals surface area contributed by atoms with Crippen LogP contribution in [0.1, 0.15) is 35.6 Å². The summed E-state index contributed by atoms with van der Waals surface area (Å²) in [5.41, 5.74) is 7.10. The molecule has 0 aliphatic carbocycles. The van der Waals surface area contributed by atoms with E-state index >= 15 is 0 Å². The maximum Gasteiger partial charge on any atom is 0.0238 e. The van der Waals surface area contributed by atoms with Gasteiger partial charge in [0.15, 0.2) is 0 Å². The third kappa shape index (κ3) is 3.70. The lowest BCUT2D eigenvalue weighted by Crippen LogP contribution is -2.12. The molecular weight excluding hydrogens is 298 g/mol. The highest BCUT2D eigenvalue weighted by Crippen LogP contribution is 2.40. The molecule has 0 radical (unpaired) electrons. The van der Waals surface area contributed by atoms with Gasteiger partial charge in [0.25, 0.3) is 0 Å². The maximum absolute atomic E-state index is 2.43. The van der Waals surface area contributed by atoms with Crippen molar-refractivity contribution in [1.82, 2.24) is 4.90 Å². The second kappa shape index (κ2) is 7.37. The number of benzene rings is 2. The molecule has 1 heterocycles. The van der Waals surface area contributed by atoms with Gasteiger partial charge < -0.3 is 4.90 Å². The van der Waals surface area contributed by atoms with Crippen molar-refractivity contribution < 1.29 is 0 Å². The smallest absolute Gasteiger partial charge is 0.0238 e. The predicted octanol–water partition coefficient (Wildman–Crippen LogP) is 5.24. The van der Waals surface area contributed by atoms with Gasteiger partial charge in [0, 0.05) is 17.2 Å². The van der Waals surface area contributed by atoms with Crippen LogP contribution in [0.2, 0.25) is 0 Å². The first-order valence-electron chi connectivity index (χ1n) is 8.38. The molecule has 0 aromatic heterocycles. The molecule has 0 fully saturated rings. The molecule has 23 heavy (non-hydrogen) atoms. The molecule has 0 atom stereocenters. The molecule has 2 heteroatoms. The van der Waals surface area contributed by atoms with Crippen LogP contribution in [0.15, 0.2) is 53.4 Å². The number of hydrogen-bond donors (Lipinski definition) is 0. The molecule has 1 nitrogen and oxygen atoms in total. The fourth-order valence-electron chi connectivity index (χ4n) is 3.03. The van der Waals surface area contributed by atoms with Crippen molar-refractivity contribution in [2.45, 2.75) is 30.4 Å². The van der Waals surface area contributed by atoms with E-state index in [2.05, 4.69) is 74.5 Å². The highest BCUT2D eigenvalue weighted by Gasteiger charge is 2.18. The number of fused-ring (bicyclic) bond motifs is 2. The second-order valence-electron chi connectivity index (χ2n) is 6.34. The van der Waals surface area contributed by atoms with E-state index in [0.29, 0.717) is 0 Å². The lowest BCUT2D eigenvalue weighted by atomic mass is 9.92. The topological polar surface area (TPSA) is 3.24 Å². The van der Waals surface area contributed by atoms with Crippen molar-refractivity contribution in [3.05, 3.63) is 70.8 Å². The van der Waals surface area contributed by atoms with E-state index in [-0.39, 0.29) is 0 Å². The van der Waals surface area contributed by atoms with Crippen molar-refractivity contribution in [3.63, 3.8) is 0 Å². The lowest BCUT2D eigenvalue weighted by molar-refractivity contribution is 0.417. The Morgan fingerprint density at radius 2 is 1.91 bits per heavy atom. The van der Waals surface area contributed by atoms with Gasteiger partial charge in [0.1, 0.15) is 0 Å². The minimum atomic E-state index is 1.06. The summed E-state index contributed by atoms with van der Waals surface area (Å²) in [5, 5.41) is 0. The zero-order valence-corrected chi connectivity index (χ0v) is 15.1. The first kappa shape index (κ1) is 16.4. The van der Waals surface area contributed by atoms with Crippen LogP contribution in [-0.4, -0.2) is 25.5 Å². The summed E-state index contributed by atoms with van der Waals surface area (Å²) in [6, 6.07) is 15.9. The normalized spacial score (nSPS) is 15.4. The number of rotatable bonds is 4. The van der Waals surface area contributed by atoms with E-state index in [0.717, 1.165) is 25.1 Å². The molecule has 0 N–H and O–H groups in total. The minimum absolute atomic E-state index is 1.06. The fraction of sp³-hybridized carbons (Fsp3) is 0.333. The molecule has 0 saturated heterocycles. The molecule has 3 rings (SSSR count).